The van der Waals surface area contributed by atoms with E-state index in [1.165, 1.54) is 17.0 Å². The van der Waals surface area contributed by atoms with Gasteiger partial charge in [-0.2, -0.15) is 0 Å². The normalized spacial score (nSPS) is 16.4. The number of hydrogen-bond acceptors (Lipinski definition) is 7. The Morgan fingerprint density at radius 2 is 1.84 bits per heavy atom. The van der Waals surface area contributed by atoms with Gasteiger partial charge in [0.15, 0.2) is 15.8 Å². The summed E-state index contributed by atoms with van der Waals surface area (Å²) in [6, 6.07) is 15.1. The second kappa shape index (κ2) is 7.60. The van der Waals surface area contributed by atoms with Crippen LogP contribution in [0, 0.1) is 0 Å². The number of thiocarbonyl (C=S) groups is 1. The van der Waals surface area contributed by atoms with Crippen LogP contribution < -0.4 is 14.4 Å². The Morgan fingerprint density at radius 1 is 1.06 bits per heavy atom. The molecule has 154 valence electrons. The lowest BCUT2D eigenvalue weighted by Gasteiger charge is -2.14. The van der Waals surface area contributed by atoms with Crippen LogP contribution in [-0.2, 0) is 4.79 Å². The fourth-order valence-electron chi connectivity index (χ4n) is 3.21. The molecule has 9 heteroatoms. The zero-order chi connectivity index (χ0) is 21.5. The van der Waals surface area contributed by atoms with Gasteiger partial charge in [-0.15, -0.1) is 0 Å². The van der Waals surface area contributed by atoms with Crippen molar-refractivity contribution in [2.75, 3.05) is 11.7 Å². The van der Waals surface area contributed by atoms with Crippen LogP contribution >= 0.6 is 24.0 Å². The average molecular weight is 451 g/mol. The Kier molecular flexibility index (Phi) is 4.76. The average Bonchev–Trinajstić information content (AvgIpc) is 3.48. The van der Waals surface area contributed by atoms with Gasteiger partial charge in [0, 0.05) is 11.6 Å². The number of ether oxygens (including phenoxy) is 2. The van der Waals surface area contributed by atoms with Gasteiger partial charge in [0.05, 0.1) is 16.2 Å². The molecule has 1 saturated heterocycles. The van der Waals surface area contributed by atoms with Crippen LogP contribution in [0.25, 0.3) is 17.4 Å². The molecule has 3 heterocycles. The first-order valence-corrected chi connectivity index (χ1v) is 10.3. The van der Waals surface area contributed by atoms with Crippen molar-refractivity contribution in [2.24, 2.45) is 0 Å². The molecule has 0 radical (unpaired) electrons. The first kappa shape index (κ1) is 19.4. The third kappa shape index (κ3) is 3.58. The Bertz CT molecular complexity index is 1260. The number of carbonyl (C=O) groups excluding carboxylic acids is 1. The van der Waals surface area contributed by atoms with Gasteiger partial charge < -0.3 is 19.0 Å². The number of carbonyl (C=O) groups is 2. The van der Waals surface area contributed by atoms with Crippen LogP contribution in [0.5, 0.6) is 11.5 Å². The smallest absolute Gasteiger partial charge is 0.335 e. The molecular weight excluding hydrogens is 438 g/mol. The Hall–Kier alpha value is -3.56. The molecule has 0 aliphatic carbocycles. The van der Waals surface area contributed by atoms with Crippen molar-refractivity contribution in [1.29, 1.82) is 0 Å². The number of nitrogens with zero attached hydrogens (tertiary/aromatic N) is 1. The molecule has 2 aliphatic heterocycles. The standard InChI is InChI=1S/C22H13NO6S2/c24-20-19(31-22(30)23(20)14-4-1-12(2-5-14)21(25)26)10-15-6-8-16(29-15)13-3-7-17-18(9-13)28-11-27-17/h1-10H,11H2,(H,25,26). The summed E-state index contributed by atoms with van der Waals surface area (Å²) < 4.78 is 17.0. The molecule has 1 N–H and O–H groups in total. The maximum absolute atomic E-state index is 12.9. The van der Waals surface area contributed by atoms with Gasteiger partial charge in [-0.1, -0.05) is 24.0 Å². The predicted molar refractivity (Wildman–Crippen MR) is 119 cm³/mol. The quantitative estimate of drug-likeness (QED) is 0.448. The number of anilines is 1. The molecular formula is C22H13NO6S2. The van der Waals surface area contributed by atoms with Crippen molar-refractivity contribution in [3.63, 3.8) is 0 Å². The van der Waals surface area contributed by atoms with E-state index in [4.69, 9.17) is 31.2 Å². The SMILES string of the molecule is O=C(O)c1ccc(N2C(=O)C(=Cc3ccc(-c4ccc5c(c4)OCO5)o3)SC2=S)cc1. The summed E-state index contributed by atoms with van der Waals surface area (Å²) in [5.74, 6) is 1.16. The summed E-state index contributed by atoms with van der Waals surface area (Å²) in [5.41, 5.74) is 1.47. The number of thioether (sulfide) groups is 1. The molecule has 1 aromatic heterocycles. The van der Waals surface area contributed by atoms with Crippen LogP contribution in [0.3, 0.4) is 0 Å². The Morgan fingerprint density at radius 3 is 2.61 bits per heavy atom. The van der Waals surface area contributed by atoms with E-state index in [0.29, 0.717) is 37.9 Å². The molecule has 5 rings (SSSR count). The van der Waals surface area contributed by atoms with E-state index in [2.05, 4.69) is 0 Å². The van der Waals surface area contributed by atoms with E-state index in [1.807, 2.05) is 24.3 Å². The predicted octanol–water partition coefficient (Wildman–Crippen LogP) is 4.78. The first-order valence-electron chi connectivity index (χ1n) is 9.11. The topological polar surface area (TPSA) is 89.2 Å². The van der Waals surface area contributed by atoms with Crippen LogP contribution in [0.15, 0.2) is 63.9 Å². The molecule has 0 atom stereocenters. The molecule has 3 aromatic rings. The molecule has 0 saturated carbocycles. The van der Waals surface area contributed by atoms with Gasteiger partial charge in [0.25, 0.3) is 5.91 Å². The highest BCUT2D eigenvalue weighted by atomic mass is 32.2. The fraction of sp³-hybridized carbons (Fsp3) is 0.0455. The van der Waals surface area contributed by atoms with Crippen molar-refractivity contribution in [1.82, 2.24) is 0 Å². The number of fused-ring (bicyclic) bond motifs is 1. The van der Waals surface area contributed by atoms with E-state index in [-0.39, 0.29) is 18.3 Å². The summed E-state index contributed by atoms with van der Waals surface area (Å²) in [5, 5.41) is 9.04. The van der Waals surface area contributed by atoms with E-state index in [9.17, 15) is 9.59 Å². The number of furan rings is 1. The zero-order valence-electron chi connectivity index (χ0n) is 15.7. The number of amides is 1. The molecule has 1 amide bonds. The van der Waals surface area contributed by atoms with E-state index >= 15 is 0 Å². The van der Waals surface area contributed by atoms with Gasteiger partial charge in [0.2, 0.25) is 6.79 Å². The van der Waals surface area contributed by atoms with Crippen LogP contribution in [0.2, 0.25) is 0 Å². The second-order valence-corrected chi connectivity index (χ2v) is 8.31. The van der Waals surface area contributed by atoms with Crippen molar-refractivity contribution < 1.29 is 28.6 Å². The molecule has 2 aromatic carbocycles. The van der Waals surface area contributed by atoms with Gasteiger partial charge in [0.1, 0.15) is 11.5 Å². The summed E-state index contributed by atoms with van der Waals surface area (Å²) in [6.07, 6.45) is 1.64. The monoisotopic (exact) mass is 451 g/mol. The van der Waals surface area contributed by atoms with Crippen LogP contribution in [0.1, 0.15) is 16.1 Å². The molecule has 0 spiro atoms. The third-order valence-electron chi connectivity index (χ3n) is 4.72. The van der Waals surface area contributed by atoms with E-state index in [0.717, 1.165) is 17.3 Å². The number of aromatic carboxylic acids is 1. The summed E-state index contributed by atoms with van der Waals surface area (Å²) in [7, 11) is 0. The van der Waals surface area contributed by atoms with Crippen LogP contribution in [0.4, 0.5) is 5.69 Å². The maximum atomic E-state index is 12.9. The van der Waals surface area contributed by atoms with Crippen molar-refractivity contribution in [3.8, 4) is 22.8 Å². The lowest BCUT2D eigenvalue weighted by atomic mass is 10.1. The van der Waals surface area contributed by atoms with Gasteiger partial charge in [-0.25, -0.2) is 4.79 Å². The molecule has 0 bridgehead atoms. The van der Waals surface area contributed by atoms with E-state index < -0.39 is 5.97 Å². The zero-order valence-corrected chi connectivity index (χ0v) is 17.4. The minimum absolute atomic E-state index is 0.136. The highest BCUT2D eigenvalue weighted by Crippen LogP contribution is 2.38. The van der Waals surface area contributed by atoms with Gasteiger partial charge in [-0.05, 0) is 54.6 Å². The molecule has 0 unspecified atom stereocenters. The largest absolute Gasteiger partial charge is 0.478 e. The third-order valence-corrected chi connectivity index (χ3v) is 6.03. The maximum Gasteiger partial charge on any atom is 0.335 e. The fourth-order valence-corrected chi connectivity index (χ4v) is 4.49. The minimum atomic E-state index is -1.03. The van der Waals surface area contributed by atoms with Crippen LogP contribution in [-0.4, -0.2) is 28.1 Å². The number of benzene rings is 2. The van der Waals surface area contributed by atoms with Crippen molar-refractivity contribution in [3.05, 3.63) is 70.8 Å². The van der Waals surface area contributed by atoms with Gasteiger partial charge >= 0.3 is 5.97 Å². The second-order valence-electron chi connectivity index (χ2n) is 6.64. The molecule has 7 nitrogen and oxygen atoms in total. The lowest BCUT2D eigenvalue weighted by Crippen LogP contribution is -2.27. The number of carboxylic acids is 1. The Balaban J connectivity index is 1.38. The number of hydrogen-bond donors (Lipinski definition) is 1. The molecule has 1 fully saturated rings. The van der Waals surface area contributed by atoms with Crippen molar-refractivity contribution >= 4 is 51.9 Å². The highest BCUT2D eigenvalue weighted by molar-refractivity contribution is 8.27. The van der Waals surface area contributed by atoms with Gasteiger partial charge in [-0.3, -0.25) is 9.69 Å². The summed E-state index contributed by atoms with van der Waals surface area (Å²) >= 11 is 6.52. The summed E-state index contributed by atoms with van der Waals surface area (Å²) in [4.78, 5) is 25.7. The molecule has 31 heavy (non-hydrogen) atoms. The van der Waals surface area contributed by atoms with E-state index in [1.54, 1.807) is 24.3 Å². The first-order chi connectivity index (χ1) is 15.0. The number of carboxylic acid groups (broad SMARTS) is 1. The summed E-state index contributed by atoms with van der Waals surface area (Å²) in [6.45, 7) is 0.197. The Labute approximate surface area is 185 Å². The highest BCUT2D eigenvalue weighted by Gasteiger charge is 2.33. The molecule has 2 aliphatic rings. The number of rotatable bonds is 4. The lowest BCUT2D eigenvalue weighted by molar-refractivity contribution is -0.113. The van der Waals surface area contributed by atoms with Crippen molar-refractivity contribution in [2.45, 2.75) is 0 Å². The minimum Gasteiger partial charge on any atom is -0.478 e.